The second-order valence-electron chi connectivity index (χ2n) is 6.05. The molecule has 7 nitrogen and oxygen atoms in total. The van der Waals surface area contributed by atoms with Gasteiger partial charge >= 0.3 is 0 Å². The average Bonchev–Trinajstić information content (AvgIpc) is 2.78. The second-order valence-corrected chi connectivity index (χ2v) is 6.05. The lowest BCUT2D eigenvalue weighted by molar-refractivity contribution is -0.280. The lowest BCUT2D eigenvalue weighted by Gasteiger charge is -2.48. The Morgan fingerprint density at radius 2 is 1.83 bits per heavy atom. The van der Waals surface area contributed by atoms with Gasteiger partial charge in [0, 0.05) is 18.8 Å². The topological polar surface area (TPSA) is 127 Å². The van der Waals surface area contributed by atoms with E-state index in [-0.39, 0.29) is 5.90 Å². The Morgan fingerprint density at radius 1 is 1.21 bits per heavy atom. The smallest absolute Gasteiger partial charge is 0.217 e. The fraction of sp³-hybridized carbons (Fsp3) is 0.471. The van der Waals surface area contributed by atoms with Crippen LogP contribution in [0.15, 0.2) is 24.5 Å². The summed E-state index contributed by atoms with van der Waals surface area (Å²) in [6.45, 7) is 3.52. The quantitative estimate of drug-likeness (QED) is 0.891. The Kier molecular flexibility index (Phi) is 3.34. The molecule has 0 amide bonds. The summed E-state index contributed by atoms with van der Waals surface area (Å²) < 4.78 is 11.8. The van der Waals surface area contributed by atoms with Gasteiger partial charge in [-0.2, -0.15) is 15.8 Å². The number of hydrogen-bond donors (Lipinski definition) is 1. The number of fused-ring (bicyclic) bond motifs is 2. The standard InChI is InChI=1S/C17H15N5O2/c1-3-17-11(2)16(10-20,14(21)24-17)15(8-18,9-19)13(23-17)12-4-6-22-7-5-12/h4-7,11,13,21H,3H2,1-2H3/t11-,13+,16+,17+/m0/s1. The summed E-state index contributed by atoms with van der Waals surface area (Å²) in [5.41, 5.74) is -3.04. The second kappa shape index (κ2) is 5.03. The highest BCUT2D eigenvalue weighted by atomic mass is 16.7. The predicted octanol–water partition coefficient (Wildman–Crippen LogP) is 2.45. The molecule has 7 heteroatoms. The van der Waals surface area contributed by atoms with Gasteiger partial charge in [0.25, 0.3) is 0 Å². The molecule has 0 aromatic carbocycles. The Balaban J connectivity index is 2.34. The molecule has 0 spiro atoms. The normalized spacial score (nSPS) is 36.0. The van der Waals surface area contributed by atoms with Crippen molar-refractivity contribution in [1.82, 2.24) is 4.98 Å². The minimum absolute atomic E-state index is 0.376. The molecule has 4 atom stereocenters. The van der Waals surface area contributed by atoms with Gasteiger partial charge in [-0.05, 0) is 17.7 Å². The summed E-state index contributed by atoms with van der Waals surface area (Å²) in [5, 5.41) is 38.0. The third-order valence-corrected chi connectivity index (χ3v) is 5.31. The summed E-state index contributed by atoms with van der Waals surface area (Å²) in [6, 6.07) is 9.33. The Morgan fingerprint density at radius 3 is 2.33 bits per heavy atom. The van der Waals surface area contributed by atoms with Gasteiger partial charge in [-0.1, -0.05) is 13.8 Å². The minimum Gasteiger partial charge on any atom is -0.447 e. The third-order valence-electron chi connectivity index (χ3n) is 5.31. The summed E-state index contributed by atoms with van der Waals surface area (Å²) in [6.07, 6.45) is 2.42. The van der Waals surface area contributed by atoms with E-state index in [2.05, 4.69) is 11.1 Å². The molecule has 3 rings (SSSR count). The van der Waals surface area contributed by atoms with Crippen LogP contribution in [0.2, 0.25) is 0 Å². The summed E-state index contributed by atoms with van der Waals surface area (Å²) in [7, 11) is 0. The van der Waals surface area contributed by atoms with Crippen LogP contribution in [0.3, 0.4) is 0 Å². The molecule has 0 radical (unpaired) electrons. The zero-order chi connectivity index (χ0) is 17.6. The van der Waals surface area contributed by atoms with E-state index in [0.29, 0.717) is 12.0 Å². The van der Waals surface area contributed by atoms with Crippen molar-refractivity contribution in [3.8, 4) is 18.2 Å². The van der Waals surface area contributed by atoms with Crippen molar-refractivity contribution in [2.75, 3.05) is 0 Å². The maximum Gasteiger partial charge on any atom is 0.217 e. The highest BCUT2D eigenvalue weighted by molar-refractivity contribution is 5.89. The summed E-state index contributed by atoms with van der Waals surface area (Å²) >= 11 is 0. The zero-order valence-electron chi connectivity index (χ0n) is 13.3. The molecule has 2 fully saturated rings. The maximum atomic E-state index is 9.94. The highest BCUT2D eigenvalue weighted by Gasteiger charge is 2.78. The molecule has 1 aromatic heterocycles. The van der Waals surface area contributed by atoms with Crippen LogP contribution in [0.4, 0.5) is 0 Å². The maximum absolute atomic E-state index is 9.94. The SMILES string of the molecule is CC[C@@]12OC(=N)[C@@](C#N)([C@@H]1C)C(C#N)(C#N)[C@@H](c1ccncc1)O2. The van der Waals surface area contributed by atoms with Crippen LogP contribution >= 0.6 is 0 Å². The van der Waals surface area contributed by atoms with Gasteiger partial charge in [-0.25, -0.2) is 0 Å². The van der Waals surface area contributed by atoms with Gasteiger partial charge < -0.3 is 9.47 Å². The minimum atomic E-state index is -1.89. The van der Waals surface area contributed by atoms with Crippen molar-refractivity contribution in [1.29, 1.82) is 21.2 Å². The van der Waals surface area contributed by atoms with Crippen LogP contribution in [-0.2, 0) is 9.47 Å². The number of nitriles is 3. The molecule has 0 aliphatic carbocycles. The van der Waals surface area contributed by atoms with E-state index in [0.717, 1.165) is 0 Å². The van der Waals surface area contributed by atoms with Gasteiger partial charge in [0.1, 0.15) is 6.10 Å². The van der Waals surface area contributed by atoms with Crippen LogP contribution < -0.4 is 0 Å². The Bertz CT molecular complexity index is 804. The van der Waals surface area contributed by atoms with Gasteiger partial charge in [0.15, 0.2) is 5.41 Å². The zero-order valence-corrected chi connectivity index (χ0v) is 13.3. The van der Waals surface area contributed by atoms with Crippen molar-refractivity contribution in [3.05, 3.63) is 30.1 Å². The molecule has 0 saturated carbocycles. The van der Waals surface area contributed by atoms with Crippen LogP contribution in [-0.4, -0.2) is 16.7 Å². The lowest BCUT2D eigenvalue weighted by atomic mass is 9.53. The predicted molar refractivity (Wildman–Crippen MR) is 80.8 cm³/mol. The number of nitrogens with one attached hydrogen (secondary N) is 1. The van der Waals surface area contributed by atoms with E-state index in [1.54, 1.807) is 19.1 Å². The number of aromatic nitrogens is 1. The fourth-order valence-electron chi connectivity index (χ4n) is 3.88. The first-order chi connectivity index (χ1) is 11.5. The average molecular weight is 321 g/mol. The van der Waals surface area contributed by atoms with Crippen molar-refractivity contribution in [2.45, 2.75) is 32.2 Å². The largest absolute Gasteiger partial charge is 0.447 e. The molecule has 24 heavy (non-hydrogen) atoms. The van der Waals surface area contributed by atoms with E-state index < -0.39 is 28.6 Å². The van der Waals surface area contributed by atoms with E-state index >= 15 is 0 Å². The number of hydrogen-bond acceptors (Lipinski definition) is 7. The molecule has 3 heterocycles. The van der Waals surface area contributed by atoms with Gasteiger partial charge in [0.2, 0.25) is 17.1 Å². The van der Waals surface area contributed by atoms with Crippen LogP contribution in [0.5, 0.6) is 0 Å². The van der Waals surface area contributed by atoms with Crippen molar-refractivity contribution in [3.63, 3.8) is 0 Å². The van der Waals surface area contributed by atoms with Gasteiger partial charge in [-0.15, -0.1) is 0 Å². The van der Waals surface area contributed by atoms with E-state index in [9.17, 15) is 15.8 Å². The first-order valence-electron chi connectivity index (χ1n) is 7.57. The third kappa shape index (κ3) is 1.51. The molecule has 0 unspecified atom stereocenters. The molecule has 1 N–H and O–H groups in total. The molecular weight excluding hydrogens is 306 g/mol. The number of pyridine rings is 1. The van der Waals surface area contributed by atoms with E-state index in [4.69, 9.17) is 14.9 Å². The first kappa shape index (κ1) is 15.9. The van der Waals surface area contributed by atoms with Crippen molar-refractivity contribution in [2.24, 2.45) is 16.7 Å². The lowest BCUT2D eigenvalue weighted by Crippen LogP contribution is -2.58. The summed E-state index contributed by atoms with van der Waals surface area (Å²) in [4.78, 5) is 3.94. The number of nitrogens with zero attached hydrogens (tertiary/aromatic N) is 4. The first-order valence-corrected chi connectivity index (χ1v) is 7.57. The van der Waals surface area contributed by atoms with Gasteiger partial charge in [-0.3, -0.25) is 10.4 Å². The molecule has 2 bridgehead atoms. The molecule has 2 saturated heterocycles. The molecule has 120 valence electrons. The molecule has 1 aromatic rings. The van der Waals surface area contributed by atoms with Crippen molar-refractivity contribution >= 4 is 5.90 Å². The Labute approximate surface area is 139 Å². The van der Waals surface area contributed by atoms with Crippen molar-refractivity contribution < 1.29 is 9.47 Å². The molecular formula is C17H15N5O2. The number of rotatable bonds is 2. The monoisotopic (exact) mass is 321 g/mol. The summed E-state index contributed by atoms with van der Waals surface area (Å²) in [5.74, 6) is -2.22. The fourth-order valence-corrected chi connectivity index (χ4v) is 3.88. The highest BCUT2D eigenvalue weighted by Crippen LogP contribution is 2.66. The molecule has 2 aliphatic heterocycles. The van der Waals surface area contributed by atoms with Crippen LogP contribution in [0.1, 0.15) is 31.9 Å². The molecule has 2 aliphatic rings. The Hall–Kier alpha value is -2.95. The van der Waals surface area contributed by atoms with E-state index in [1.807, 2.05) is 19.1 Å². The van der Waals surface area contributed by atoms with Crippen LogP contribution in [0, 0.1) is 56.2 Å². The van der Waals surface area contributed by atoms with E-state index in [1.165, 1.54) is 12.4 Å². The number of ether oxygens (including phenoxy) is 2. The van der Waals surface area contributed by atoms with Gasteiger partial charge in [0.05, 0.1) is 24.1 Å². The van der Waals surface area contributed by atoms with Crippen LogP contribution in [0.25, 0.3) is 0 Å².